The molecule has 1 aromatic heterocycles. The van der Waals surface area contributed by atoms with Crippen molar-refractivity contribution in [1.82, 2.24) is 9.88 Å². The van der Waals surface area contributed by atoms with Crippen LogP contribution in [0.4, 0.5) is 0 Å². The molecule has 3 aliphatic rings. The number of nitrogens with zero attached hydrogens (tertiary/aromatic N) is 2. The molecule has 2 bridgehead atoms. The molecule has 6 heteroatoms. The maximum atomic E-state index is 6.71. The number of para-hydroxylation sites is 1. The van der Waals surface area contributed by atoms with Crippen LogP contribution in [0.15, 0.2) is 49.2 Å². The van der Waals surface area contributed by atoms with Gasteiger partial charge in [0.25, 0.3) is 0 Å². The zero-order valence-corrected chi connectivity index (χ0v) is 16.5. The first-order valence-electron chi connectivity index (χ1n) is 8.24. The van der Waals surface area contributed by atoms with E-state index in [0.717, 1.165) is 18.0 Å². The van der Waals surface area contributed by atoms with E-state index in [9.17, 15) is 0 Å². The summed E-state index contributed by atoms with van der Waals surface area (Å²) in [4.78, 5) is 7.04. The first-order valence-corrected chi connectivity index (χ1v) is 8.24. The second-order valence-electron chi connectivity index (χ2n) is 6.69. The van der Waals surface area contributed by atoms with Crippen molar-refractivity contribution in [1.29, 1.82) is 0 Å². The minimum absolute atomic E-state index is 0. The minimum Gasteiger partial charge on any atom is -0.323 e. The highest BCUT2D eigenvalue weighted by Crippen LogP contribution is 2.41. The number of hydrogen-bond donors (Lipinski definition) is 1. The van der Waals surface area contributed by atoms with Crippen LogP contribution in [0, 0.1) is 11.8 Å². The molecule has 0 saturated carbocycles. The van der Waals surface area contributed by atoms with Crippen molar-refractivity contribution >= 4 is 48.1 Å². The Kier molecular flexibility index (Phi) is 8.17. The lowest BCUT2D eigenvalue weighted by Crippen LogP contribution is -2.56. The van der Waals surface area contributed by atoms with Crippen LogP contribution < -0.4 is 5.73 Å². The summed E-state index contributed by atoms with van der Waals surface area (Å²) in [5.74, 6) is 1.40. The topological polar surface area (TPSA) is 42.1 Å². The molecule has 4 heterocycles. The van der Waals surface area contributed by atoms with E-state index in [-0.39, 0.29) is 43.3 Å². The Morgan fingerprint density at radius 1 is 1.20 bits per heavy atom. The van der Waals surface area contributed by atoms with Crippen molar-refractivity contribution in [2.45, 2.75) is 24.9 Å². The van der Waals surface area contributed by atoms with E-state index in [1.165, 1.54) is 30.3 Å². The van der Waals surface area contributed by atoms with Crippen LogP contribution in [0.25, 0.3) is 10.9 Å². The first kappa shape index (κ1) is 22.2. The number of halogens is 3. The molecule has 3 nitrogen and oxygen atoms in total. The number of rotatable bonds is 3. The fourth-order valence-electron chi connectivity index (χ4n) is 4.37. The molecular formula is C19H26Cl3N3. The van der Waals surface area contributed by atoms with Crippen molar-refractivity contribution in [2.75, 3.05) is 13.1 Å². The van der Waals surface area contributed by atoms with Gasteiger partial charge in [-0.05, 0) is 48.9 Å². The van der Waals surface area contributed by atoms with Crippen LogP contribution in [0.3, 0.4) is 0 Å². The van der Waals surface area contributed by atoms with E-state index in [1.807, 2.05) is 12.3 Å². The largest absolute Gasteiger partial charge is 0.323 e. The fraction of sp³-hybridized carbons (Fsp3) is 0.421. The molecule has 0 radical (unpaired) electrons. The van der Waals surface area contributed by atoms with Crippen molar-refractivity contribution in [3.05, 3.63) is 54.7 Å². The number of benzene rings is 1. The number of hydrogen-bond acceptors (Lipinski definition) is 3. The molecule has 0 aliphatic carbocycles. The lowest BCUT2D eigenvalue weighted by atomic mass is 9.73. The zero-order valence-electron chi connectivity index (χ0n) is 14.1. The number of pyridine rings is 1. The molecule has 2 N–H and O–H groups in total. The van der Waals surface area contributed by atoms with Crippen LogP contribution >= 0.6 is 37.2 Å². The van der Waals surface area contributed by atoms with Gasteiger partial charge in [-0.1, -0.05) is 24.3 Å². The van der Waals surface area contributed by atoms with Gasteiger partial charge in [-0.15, -0.1) is 43.8 Å². The van der Waals surface area contributed by atoms with Crippen molar-refractivity contribution in [2.24, 2.45) is 17.6 Å². The highest BCUT2D eigenvalue weighted by atomic mass is 35.5. The maximum absolute atomic E-state index is 6.71. The molecule has 3 saturated heterocycles. The van der Waals surface area contributed by atoms with Gasteiger partial charge in [-0.2, -0.15) is 0 Å². The van der Waals surface area contributed by atoms with Gasteiger partial charge in [0.05, 0.1) is 5.52 Å². The average molecular weight is 403 g/mol. The summed E-state index contributed by atoms with van der Waals surface area (Å²) in [5, 5.41) is 1.19. The summed E-state index contributed by atoms with van der Waals surface area (Å²) in [7, 11) is 0. The lowest BCUT2D eigenvalue weighted by Gasteiger charge is -2.51. The second-order valence-corrected chi connectivity index (χ2v) is 6.69. The van der Waals surface area contributed by atoms with E-state index < -0.39 is 0 Å². The summed E-state index contributed by atoms with van der Waals surface area (Å²) < 4.78 is 0. The van der Waals surface area contributed by atoms with Gasteiger partial charge < -0.3 is 5.73 Å². The van der Waals surface area contributed by atoms with E-state index >= 15 is 0 Å². The predicted octanol–water partition coefficient (Wildman–Crippen LogP) is 4.40. The Morgan fingerprint density at radius 3 is 2.64 bits per heavy atom. The summed E-state index contributed by atoms with van der Waals surface area (Å²) in [6, 6.07) is 10.9. The molecule has 5 rings (SSSR count). The third-order valence-corrected chi connectivity index (χ3v) is 5.61. The van der Waals surface area contributed by atoms with Crippen LogP contribution in [0.1, 0.15) is 24.4 Å². The van der Waals surface area contributed by atoms with Gasteiger partial charge in [0.1, 0.15) is 0 Å². The highest BCUT2D eigenvalue weighted by molar-refractivity contribution is 5.86. The smallest absolute Gasteiger partial charge is 0.0705 e. The molecular weight excluding hydrogens is 377 g/mol. The molecule has 138 valence electrons. The van der Waals surface area contributed by atoms with Crippen molar-refractivity contribution in [3.63, 3.8) is 0 Å². The summed E-state index contributed by atoms with van der Waals surface area (Å²) in [5.41, 5.74) is 8.99. The fourth-order valence-corrected chi connectivity index (χ4v) is 4.37. The molecule has 3 aliphatic heterocycles. The van der Waals surface area contributed by atoms with Gasteiger partial charge in [-0.25, -0.2) is 0 Å². The Labute approximate surface area is 168 Å². The molecule has 0 spiro atoms. The Morgan fingerprint density at radius 2 is 1.96 bits per heavy atom. The van der Waals surface area contributed by atoms with Gasteiger partial charge >= 0.3 is 0 Å². The number of piperidine rings is 3. The molecule has 1 aromatic carbocycles. The van der Waals surface area contributed by atoms with Gasteiger partial charge in [0.2, 0.25) is 0 Å². The molecule has 1 unspecified atom stereocenters. The van der Waals surface area contributed by atoms with E-state index in [1.54, 1.807) is 0 Å². The van der Waals surface area contributed by atoms with Crippen LogP contribution in [0.2, 0.25) is 0 Å². The van der Waals surface area contributed by atoms with Gasteiger partial charge in [0.15, 0.2) is 0 Å². The quantitative estimate of drug-likeness (QED) is 0.774. The average Bonchev–Trinajstić information content (AvgIpc) is 2.60. The zero-order chi connectivity index (χ0) is 15.1. The monoisotopic (exact) mass is 401 g/mol. The summed E-state index contributed by atoms with van der Waals surface area (Å²) >= 11 is 0. The summed E-state index contributed by atoms with van der Waals surface area (Å²) in [6.07, 6.45) is 6.51. The van der Waals surface area contributed by atoms with Gasteiger partial charge in [-0.3, -0.25) is 9.88 Å². The minimum atomic E-state index is 0. The second kappa shape index (κ2) is 9.20. The molecule has 2 aromatic rings. The maximum Gasteiger partial charge on any atom is 0.0705 e. The number of fused-ring (bicyclic) bond motifs is 4. The highest BCUT2D eigenvalue weighted by Gasteiger charge is 2.41. The Balaban J connectivity index is 0.00000104. The van der Waals surface area contributed by atoms with Crippen molar-refractivity contribution < 1.29 is 0 Å². The van der Waals surface area contributed by atoms with Crippen molar-refractivity contribution in [3.8, 4) is 0 Å². The third-order valence-electron chi connectivity index (χ3n) is 5.61. The predicted molar refractivity (Wildman–Crippen MR) is 112 cm³/mol. The number of aromatic nitrogens is 1. The lowest BCUT2D eigenvalue weighted by molar-refractivity contribution is 0.00749. The van der Waals surface area contributed by atoms with Crippen LogP contribution in [0.5, 0.6) is 0 Å². The molecule has 5 atom stereocenters. The van der Waals surface area contributed by atoms with Crippen LogP contribution in [-0.4, -0.2) is 29.0 Å². The number of nitrogens with two attached hydrogens (primary N) is 1. The molecule has 0 amide bonds. The SMILES string of the molecule is C=C[C@H]1CN2CC[C@H]1C[C@H]2[C@@H](N)c1ccnc2ccccc12.Cl.Cl.Cl. The Bertz CT molecular complexity index is 704. The third kappa shape index (κ3) is 3.96. The molecule has 25 heavy (non-hydrogen) atoms. The first-order chi connectivity index (χ1) is 10.8. The standard InChI is InChI=1S/C19H23N3.3ClH/c1-2-13-12-22-10-8-14(13)11-18(22)19(20)16-7-9-21-17-6-4-3-5-15(16)17;;;/h2-7,9,13-14,18-19H,1,8,10-12,20H2;3*1H/t13-,14-,18-,19-;;;/m0.../s1. The molecule has 3 fully saturated rings. The summed E-state index contributed by atoms with van der Waals surface area (Å²) in [6.45, 7) is 6.30. The van der Waals surface area contributed by atoms with E-state index in [2.05, 4.69) is 46.8 Å². The normalized spacial score (nSPS) is 28.2. The Hall–Kier alpha value is -0.840. The van der Waals surface area contributed by atoms with Crippen LogP contribution in [-0.2, 0) is 0 Å². The van der Waals surface area contributed by atoms with E-state index in [4.69, 9.17) is 5.73 Å². The van der Waals surface area contributed by atoms with E-state index in [0.29, 0.717) is 12.0 Å². The van der Waals surface area contributed by atoms with Gasteiger partial charge in [0, 0.05) is 30.2 Å².